The van der Waals surface area contributed by atoms with Crippen LogP contribution in [-0.2, 0) is 10.0 Å². The molecule has 1 aromatic rings. The molecule has 0 aromatic heterocycles. The van der Waals surface area contributed by atoms with Gasteiger partial charge in [0.2, 0.25) is 10.0 Å². The molecule has 0 saturated heterocycles. The molecule has 2 unspecified atom stereocenters. The van der Waals surface area contributed by atoms with Gasteiger partial charge in [-0.1, -0.05) is 25.8 Å². The Morgan fingerprint density at radius 3 is 2.80 bits per heavy atom. The van der Waals surface area contributed by atoms with E-state index in [0.29, 0.717) is 10.8 Å². The fourth-order valence-corrected chi connectivity index (χ4v) is 3.67. The van der Waals surface area contributed by atoms with E-state index in [0.717, 1.165) is 18.2 Å². The Kier molecular flexibility index (Phi) is 5.05. The van der Waals surface area contributed by atoms with Gasteiger partial charge in [-0.25, -0.2) is 13.1 Å². The molecule has 1 aliphatic rings. The van der Waals surface area contributed by atoms with E-state index in [1.807, 2.05) is 6.07 Å². The minimum Gasteiger partial charge on any atom is -0.385 e. The van der Waals surface area contributed by atoms with Crippen molar-refractivity contribution in [2.45, 2.75) is 37.5 Å². The van der Waals surface area contributed by atoms with Crippen LogP contribution >= 0.6 is 0 Å². The van der Waals surface area contributed by atoms with Crippen molar-refractivity contribution in [3.63, 3.8) is 0 Å². The summed E-state index contributed by atoms with van der Waals surface area (Å²) in [5.74, 6) is 1.51. The third-order valence-corrected chi connectivity index (χ3v) is 5.46. The van der Waals surface area contributed by atoms with Crippen LogP contribution < -0.4 is 10.0 Å². The van der Waals surface area contributed by atoms with Crippen LogP contribution in [0.1, 0.15) is 32.6 Å². The average molecular weight is 296 g/mol. The quantitative estimate of drug-likeness (QED) is 0.878. The second-order valence-electron chi connectivity index (χ2n) is 5.75. The Labute approximate surface area is 122 Å². The third-order valence-electron chi connectivity index (χ3n) is 4.05. The van der Waals surface area contributed by atoms with Gasteiger partial charge < -0.3 is 5.32 Å². The van der Waals surface area contributed by atoms with Crippen LogP contribution in [0.15, 0.2) is 29.2 Å². The van der Waals surface area contributed by atoms with Crippen molar-refractivity contribution >= 4 is 15.7 Å². The van der Waals surface area contributed by atoms with E-state index in [2.05, 4.69) is 17.0 Å². The number of hydrogen-bond acceptors (Lipinski definition) is 3. The predicted molar refractivity (Wildman–Crippen MR) is 82.3 cm³/mol. The molecule has 0 bridgehead atoms. The zero-order valence-corrected chi connectivity index (χ0v) is 13.0. The highest BCUT2D eigenvalue weighted by Gasteiger charge is 2.18. The highest BCUT2D eigenvalue weighted by molar-refractivity contribution is 7.89. The summed E-state index contributed by atoms with van der Waals surface area (Å²) in [7, 11) is -1.93. The Bertz CT molecular complexity index is 543. The Hall–Kier alpha value is -1.07. The highest BCUT2D eigenvalue weighted by Crippen LogP contribution is 2.28. The molecule has 1 saturated carbocycles. The normalized spacial score (nSPS) is 23.5. The summed E-state index contributed by atoms with van der Waals surface area (Å²) < 4.78 is 25.9. The Morgan fingerprint density at radius 2 is 2.10 bits per heavy atom. The number of sulfonamides is 1. The number of rotatable bonds is 5. The van der Waals surface area contributed by atoms with Crippen molar-refractivity contribution in [3.05, 3.63) is 24.3 Å². The van der Waals surface area contributed by atoms with Gasteiger partial charge >= 0.3 is 0 Å². The molecule has 5 heteroatoms. The minimum absolute atomic E-state index is 0.307. The molecular formula is C15H24N2O2S. The third kappa shape index (κ3) is 3.96. The first kappa shape index (κ1) is 15.3. The van der Waals surface area contributed by atoms with Gasteiger partial charge in [0.05, 0.1) is 4.90 Å². The standard InChI is InChI=1S/C15H24N2O2S/c1-12-5-3-6-13(9-12)11-17-14-7-4-8-15(10-14)20(18,19)16-2/h4,7-8,10,12-13,16-17H,3,5-6,9,11H2,1-2H3. The van der Waals surface area contributed by atoms with Crippen LogP contribution in [-0.4, -0.2) is 22.0 Å². The average Bonchev–Trinajstić information content (AvgIpc) is 2.45. The van der Waals surface area contributed by atoms with Crippen molar-refractivity contribution in [3.8, 4) is 0 Å². The predicted octanol–water partition coefficient (Wildman–Crippen LogP) is 2.83. The SMILES string of the molecule is CNS(=O)(=O)c1cccc(NCC2CCCC(C)C2)c1. The zero-order valence-electron chi connectivity index (χ0n) is 12.2. The van der Waals surface area contributed by atoms with Gasteiger partial charge in [-0.2, -0.15) is 0 Å². The molecule has 0 amide bonds. The summed E-state index contributed by atoms with van der Waals surface area (Å²) in [4.78, 5) is 0.307. The molecule has 20 heavy (non-hydrogen) atoms. The lowest BCUT2D eigenvalue weighted by Crippen LogP contribution is -2.21. The van der Waals surface area contributed by atoms with Crippen LogP contribution in [0.3, 0.4) is 0 Å². The van der Waals surface area contributed by atoms with Crippen molar-refractivity contribution < 1.29 is 8.42 Å². The summed E-state index contributed by atoms with van der Waals surface area (Å²) in [6.45, 7) is 3.24. The van der Waals surface area contributed by atoms with E-state index in [9.17, 15) is 8.42 Å². The van der Waals surface area contributed by atoms with Crippen LogP contribution in [0.4, 0.5) is 5.69 Å². The summed E-state index contributed by atoms with van der Waals surface area (Å²) in [6.07, 6.45) is 5.18. The molecule has 0 aliphatic heterocycles. The Morgan fingerprint density at radius 1 is 1.30 bits per heavy atom. The molecule has 2 rings (SSSR count). The van der Waals surface area contributed by atoms with E-state index in [4.69, 9.17) is 0 Å². The second kappa shape index (κ2) is 6.59. The monoisotopic (exact) mass is 296 g/mol. The van der Waals surface area contributed by atoms with E-state index in [1.54, 1.807) is 18.2 Å². The summed E-state index contributed by atoms with van der Waals surface area (Å²) in [5, 5.41) is 3.38. The van der Waals surface area contributed by atoms with Gasteiger partial charge in [-0.05, 0) is 49.9 Å². The molecule has 2 atom stereocenters. The maximum Gasteiger partial charge on any atom is 0.240 e. The van der Waals surface area contributed by atoms with Crippen molar-refractivity contribution in [1.29, 1.82) is 0 Å². The van der Waals surface area contributed by atoms with Crippen LogP contribution in [0.5, 0.6) is 0 Å². The summed E-state index contributed by atoms with van der Waals surface area (Å²) in [5.41, 5.74) is 0.875. The molecule has 1 aromatic carbocycles. The van der Waals surface area contributed by atoms with E-state index >= 15 is 0 Å². The summed E-state index contributed by atoms with van der Waals surface area (Å²) >= 11 is 0. The van der Waals surface area contributed by atoms with Gasteiger partial charge in [0.25, 0.3) is 0 Å². The molecule has 2 N–H and O–H groups in total. The van der Waals surface area contributed by atoms with Gasteiger partial charge in [0, 0.05) is 12.2 Å². The molecule has 112 valence electrons. The number of nitrogens with one attached hydrogen (secondary N) is 2. The van der Waals surface area contributed by atoms with Crippen molar-refractivity contribution in [2.75, 3.05) is 18.9 Å². The first-order valence-electron chi connectivity index (χ1n) is 7.29. The van der Waals surface area contributed by atoms with Gasteiger partial charge in [0.1, 0.15) is 0 Å². The van der Waals surface area contributed by atoms with Crippen molar-refractivity contribution in [2.24, 2.45) is 11.8 Å². The molecular weight excluding hydrogens is 272 g/mol. The van der Waals surface area contributed by atoms with Crippen LogP contribution in [0.25, 0.3) is 0 Å². The lowest BCUT2D eigenvalue weighted by Gasteiger charge is -2.27. The van der Waals surface area contributed by atoms with Gasteiger partial charge in [0.15, 0.2) is 0 Å². The second-order valence-corrected chi connectivity index (χ2v) is 7.64. The van der Waals surface area contributed by atoms with Gasteiger partial charge in [-0.3, -0.25) is 0 Å². The van der Waals surface area contributed by atoms with Crippen LogP contribution in [0.2, 0.25) is 0 Å². The largest absolute Gasteiger partial charge is 0.385 e. The molecule has 4 nitrogen and oxygen atoms in total. The first-order chi connectivity index (χ1) is 9.51. The smallest absolute Gasteiger partial charge is 0.240 e. The molecule has 0 spiro atoms. The number of anilines is 1. The topological polar surface area (TPSA) is 58.2 Å². The van der Waals surface area contributed by atoms with E-state index in [1.165, 1.54) is 32.7 Å². The highest BCUT2D eigenvalue weighted by atomic mass is 32.2. The van der Waals surface area contributed by atoms with Crippen LogP contribution in [0, 0.1) is 11.8 Å². The minimum atomic E-state index is -3.36. The van der Waals surface area contributed by atoms with Gasteiger partial charge in [-0.15, -0.1) is 0 Å². The first-order valence-corrected chi connectivity index (χ1v) is 8.77. The Balaban J connectivity index is 1.98. The molecule has 0 heterocycles. The molecule has 1 fully saturated rings. The lowest BCUT2D eigenvalue weighted by molar-refractivity contribution is 0.293. The molecule has 1 aliphatic carbocycles. The number of benzene rings is 1. The molecule has 0 radical (unpaired) electrons. The fraction of sp³-hybridized carbons (Fsp3) is 0.600. The summed E-state index contributed by atoms with van der Waals surface area (Å²) in [6, 6.07) is 6.99. The fourth-order valence-electron chi connectivity index (χ4n) is 2.90. The van der Waals surface area contributed by atoms with Crippen molar-refractivity contribution in [1.82, 2.24) is 4.72 Å². The van der Waals surface area contributed by atoms with E-state index in [-0.39, 0.29) is 0 Å². The maximum atomic E-state index is 11.8. The maximum absolute atomic E-state index is 11.8. The number of hydrogen-bond donors (Lipinski definition) is 2. The zero-order chi connectivity index (χ0) is 14.6. The van der Waals surface area contributed by atoms with E-state index < -0.39 is 10.0 Å². The lowest BCUT2D eigenvalue weighted by atomic mass is 9.82.